The number of carbonyl (C=O) groups is 1. The van der Waals surface area contributed by atoms with Crippen molar-refractivity contribution in [2.24, 2.45) is 5.73 Å². The Morgan fingerprint density at radius 1 is 1.67 bits per heavy atom. The minimum Gasteiger partial charge on any atom is -0.477 e. The molecule has 0 fully saturated rings. The maximum absolute atomic E-state index is 12.5. The van der Waals surface area contributed by atoms with Crippen LogP contribution in [0.3, 0.4) is 0 Å². The number of halogens is 3. The number of alkyl halides is 2. The smallest absolute Gasteiger partial charge is 0.354 e. The summed E-state index contributed by atoms with van der Waals surface area (Å²) in [6.45, 7) is -0.237. The molecule has 0 amide bonds. The third-order valence-electron chi connectivity index (χ3n) is 1.72. The van der Waals surface area contributed by atoms with E-state index in [-0.39, 0.29) is 28.0 Å². The summed E-state index contributed by atoms with van der Waals surface area (Å²) in [6, 6.07) is 1.03. The van der Waals surface area contributed by atoms with E-state index in [2.05, 4.69) is 20.9 Å². The average molecular weight is 281 g/mol. The van der Waals surface area contributed by atoms with Gasteiger partial charge in [-0.2, -0.15) is 0 Å². The maximum atomic E-state index is 12.5. The van der Waals surface area contributed by atoms with Crippen molar-refractivity contribution in [1.29, 1.82) is 0 Å². The summed E-state index contributed by atoms with van der Waals surface area (Å²) in [5.41, 5.74) is 4.43. The number of nitrogens with two attached hydrogens (primary N) is 1. The standard InChI is InChI=1S/C8H7BrF2N2O2/c9-3-1-4(8(14)15)13-5(2-12)6(3)7(10)11/h1,7H,2,12H2,(H,14,15). The highest BCUT2D eigenvalue weighted by molar-refractivity contribution is 9.10. The molecule has 4 nitrogen and oxygen atoms in total. The third-order valence-corrected chi connectivity index (χ3v) is 2.37. The SMILES string of the molecule is NCc1nc(C(=O)O)cc(Br)c1C(F)F. The second-order valence-electron chi connectivity index (χ2n) is 2.66. The summed E-state index contributed by atoms with van der Waals surface area (Å²) in [7, 11) is 0. The third kappa shape index (κ3) is 2.48. The van der Waals surface area contributed by atoms with Crippen molar-refractivity contribution in [1.82, 2.24) is 4.98 Å². The Kier molecular flexibility index (Phi) is 3.70. The molecular formula is C8H7BrF2N2O2. The van der Waals surface area contributed by atoms with E-state index >= 15 is 0 Å². The second-order valence-corrected chi connectivity index (χ2v) is 3.51. The molecule has 0 radical (unpaired) electrons. The van der Waals surface area contributed by atoms with Gasteiger partial charge in [-0.15, -0.1) is 0 Å². The van der Waals surface area contributed by atoms with Crippen LogP contribution in [0.1, 0.15) is 28.2 Å². The van der Waals surface area contributed by atoms with E-state index in [0.717, 1.165) is 6.07 Å². The van der Waals surface area contributed by atoms with Crippen molar-refractivity contribution >= 4 is 21.9 Å². The Morgan fingerprint density at radius 3 is 2.67 bits per heavy atom. The number of rotatable bonds is 3. The van der Waals surface area contributed by atoms with Crippen LogP contribution in [-0.2, 0) is 6.54 Å². The molecule has 1 heterocycles. The Morgan fingerprint density at radius 2 is 2.27 bits per heavy atom. The molecule has 1 rings (SSSR count). The molecular weight excluding hydrogens is 274 g/mol. The van der Waals surface area contributed by atoms with E-state index in [1.165, 1.54) is 0 Å². The molecule has 7 heteroatoms. The van der Waals surface area contributed by atoms with E-state index in [0.29, 0.717) is 0 Å². The lowest BCUT2D eigenvalue weighted by atomic mass is 10.1. The zero-order chi connectivity index (χ0) is 11.6. The molecule has 0 aliphatic carbocycles. The molecule has 82 valence electrons. The first-order valence-electron chi connectivity index (χ1n) is 3.88. The van der Waals surface area contributed by atoms with E-state index in [9.17, 15) is 13.6 Å². The normalized spacial score (nSPS) is 10.7. The first kappa shape index (κ1) is 12.0. The van der Waals surface area contributed by atoms with Gasteiger partial charge in [0.2, 0.25) is 0 Å². The maximum Gasteiger partial charge on any atom is 0.354 e. The van der Waals surface area contributed by atoms with Gasteiger partial charge in [0.05, 0.1) is 11.3 Å². The molecule has 0 aliphatic rings. The number of aromatic nitrogens is 1. The quantitative estimate of drug-likeness (QED) is 0.887. The van der Waals surface area contributed by atoms with Crippen molar-refractivity contribution in [3.63, 3.8) is 0 Å². The van der Waals surface area contributed by atoms with Gasteiger partial charge in [0.25, 0.3) is 6.43 Å². The van der Waals surface area contributed by atoms with E-state index in [4.69, 9.17) is 10.8 Å². The number of carboxylic acids is 1. The van der Waals surface area contributed by atoms with Gasteiger partial charge < -0.3 is 10.8 Å². The monoisotopic (exact) mass is 280 g/mol. The van der Waals surface area contributed by atoms with E-state index in [1.54, 1.807) is 0 Å². The number of pyridine rings is 1. The highest BCUT2D eigenvalue weighted by atomic mass is 79.9. The molecule has 0 spiro atoms. The minimum atomic E-state index is -2.74. The van der Waals surface area contributed by atoms with Crippen LogP contribution in [0.5, 0.6) is 0 Å². The van der Waals surface area contributed by atoms with Crippen molar-refractivity contribution in [2.45, 2.75) is 13.0 Å². The zero-order valence-electron chi connectivity index (χ0n) is 7.38. The van der Waals surface area contributed by atoms with Crippen LogP contribution in [0, 0.1) is 0 Å². The highest BCUT2D eigenvalue weighted by Gasteiger charge is 2.20. The minimum absolute atomic E-state index is 0.00495. The van der Waals surface area contributed by atoms with Gasteiger partial charge >= 0.3 is 5.97 Å². The summed E-state index contributed by atoms with van der Waals surface area (Å²) < 4.78 is 25.1. The topological polar surface area (TPSA) is 76.2 Å². The zero-order valence-corrected chi connectivity index (χ0v) is 8.96. The van der Waals surface area contributed by atoms with E-state index in [1.807, 2.05) is 0 Å². The fourth-order valence-electron chi connectivity index (χ4n) is 1.07. The van der Waals surface area contributed by atoms with Crippen molar-refractivity contribution in [3.05, 3.63) is 27.5 Å². The van der Waals surface area contributed by atoms with Gasteiger partial charge in [-0.05, 0) is 6.07 Å². The van der Waals surface area contributed by atoms with Crippen molar-refractivity contribution in [3.8, 4) is 0 Å². The van der Waals surface area contributed by atoms with Crippen LogP contribution >= 0.6 is 15.9 Å². The summed E-state index contributed by atoms with van der Waals surface area (Å²) >= 11 is 2.87. The van der Waals surface area contributed by atoms with Gasteiger partial charge in [0, 0.05) is 11.0 Å². The number of nitrogens with zero attached hydrogens (tertiary/aromatic N) is 1. The van der Waals surface area contributed by atoms with Gasteiger partial charge in [0.15, 0.2) is 0 Å². The van der Waals surface area contributed by atoms with Gasteiger partial charge in [0.1, 0.15) is 5.69 Å². The number of aromatic carboxylic acids is 1. The summed E-state index contributed by atoms with van der Waals surface area (Å²) in [5.74, 6) is -1.29. The number of hydrogen-bond acceptors (Lipinski definition) is 3. The van der Waals surface area contributed by atoms with Gasteiger partial charge in [-0.3, -0.25) is 0 Å². The molecule has 0 unspecified atom stereocenters. The molecule has 1 aromatic rings. The largest absolute Gasteiger partial charge is 0.477 e. The van der Waals surface area contributed by atoms with Crippen LogP contribution in [0.4, 0.5) is 8.78 Å². The van der Waals surface area contributed by atoms with E-state index < -0.39 is 12.4 Å². The Hall–Kier alpha value is -1.08. The van der Waals surface area contributed by atoms with Crippen LogP contribution in [0.2, 0.25) is 0 Å². The lowest BCUT2D eigenvalue weighted by Crippen LogP contribution is -2.11. The predicted octanol–water partition coefficient (Wildman–Crippen LogP) is 1.94. The Bertz CT molecular complexity index is 398. The molecule has 1 aromatic heterocycles. The highest BCUT2D eigenvalue weighted by Crippen LogP contribution is 2.30. The number of carboxylic acid groups (broad SMARTS) is 1. The second kappa shape index (κ2) is 4.63. The van der Waals surface area contributed by atoms with Crippen molar-refractivity contribution < 1.29 is 18.7 Å². The van der Waals surface area contributed by atoms with Crippen LogP contribution in [-0.4, -0.2) is 16.1 Å². The molecule has 0 atom stereocenters. The summed E-state index contributed by atoms with van der Waals surface area (Å²) in [6.07, 6.45) is -2.74. The van der Waals surface area contributed by atoms with Crippen LogP contribution in [0.15, 0.2) is 10.5 Å². The van der Waals surface area contributed by atoms with Crippen molar-refractivity contribution in [2.75, 3.05) is 0 Å². The summed E-state index contributed by atoms with van der Waals surface area (Å²) in [4.78, 5) is 14.1. The average Bonchev–Trinajstić information content (AvgIpc) is 2.15. The Balaban J connectivity index is 3.37. The lowest BCUT2D eigenvalue weighted by Gasteiger charge is -2.09. The van der Waals surface area contributed by atoms with Crippen LogP contribution < -0.4 is 5.73 Å². The molecule has 0 aromatic carbocycles. The number of hydrogen-bond donors (Lipinski definition) is 2. The first-order valence-corrected chi connectivity index (χ1v) is 4.67. The molecule has 3 N–H and O–H groups in total. The predicted molar refractivity (Wildman–Crippen MR) is 51.7 cm³/mol. The lowest BCUT2D eigenvalue weighted by molar-refractivity contribution is 0.0689. The van der Waals surface area contributed by atoms with Crippen LogP contribution in [0.25, 0.3) is 0 Å². The molecule has 0 saturated carbocycles. The fraction of sp³-hybridized carbons (Fsp3) is 0.250. The summed E-state index contributed by atoms with van der Waals surface area (Å²) in [5, 5.41) is 8.65. The Labute approximate surface area is 92.2 Å². The van der Waals surface area contributed by atoms with Gasteiger partial charge in [-0.25, -0.2) is 18.6 Å². The first-order chi connectivity index (χ1) is 6.97. The molecule has 15 heavy (non-hydrogen) atoms. The van der Waals surface area contributed by atoms with Gasteiger partial charge in [-0.1, -0.05) is 15.9 Å². The molecule has 0 saturated heterocycles. The molecule has 0 aliphatic heterocycles. The fourth-order valence-corrected chi connectivity index (χ4v) is 1.69. The molecule has 0 bridgehead atoms.